The smallest absolute Gasteiger partial charge is 0.311 e. The SMILES string of the molecule is CC(C)(C)C(=O)NC1CCCC1C(=O)NC1CCCC1C(=O)OCC1CCCCC1. The first-order valence-corrected chi connectivity index (χ1v) is 12.0. The minimum Gasteiger partial charge on any atom is -0.465 e. The van der Waals surface area contributed by atoms with Gasteiger partial charge in [-0.15, -0.1) is 0 Å². The molecule has 3 rings (SSSR count). The summed E-state index contributed by atoms with van der Waals surface area (Å²) >= 11 is 0. The van der Waals surface area contributed by atoms with Crippen molar-refractivity contribution in [1.29, 1.82) is 0 Å². The maximum absolute atomic E-state index is 13.0. The van der Waals surface area contributed by atoms with Crippen molar-refractivity contribution >= 4 is 17.8 Å². The number of amides is 2. The molecule has 3 aliphatic rings. The quantitative estimate of drug-likeness (QED) is 0.641. The molecule has 0 radical (unpaired) electrons. The fourth-order valence-electron chi connectivity index (χ4n) is 5.20. The normalized spacial score (nSPS) is 30.1. The summed E-state index contributed by atoms with van der Waals surface area (Å²) in [5.74, 6) is -0.131. The van der Waals surface area contributed by atoms with Gasteiger partial charge in [0.1, 0.15) is 0 Å². The minimum atomic E-state index is -0.470. The molecule has 0 heterocycles. The van der Waals surface area contributed by atoms with E-state index >= 15 is 0 Å². The van der Waals surface area contributed by atoms with Gasteiger partial charge in [0.25, 0.3) is 0 Å². The van der Waals surface area contributed by atoms with Gasteiger partial charge in [-0.2, -0.15) is 0 Å². The molecule has 0 spiro atoms. The fourth-order valence-corrected chi connectivity index (χ4v) is 5.20. The Balaban J connectivity index is 1.50. The maximum atomic E-state index is 13.0. The van der Waals surface area contributed by atoms with Crippen LogP contribution in [0.3, 0.4) is 0 Å². The van der Waals surface area contributed by atoms with Crippen LogP contribution < -0.4 is 10.6 Å². The number of carbonyl (C=O) groups excluding carboxylic acids is 3. The number of ether oxygens (including phenoxy) is 1. The Labute approximate surface area is 181 Å². The van der Waals surface area contributed by atoms with E-state index in [0.717, 1.165) is 51.4 Å². The molecular weight excluding hydrogens is 380 g/mol. The molecule has 30 heavy (non-hydrogen) atoms. The Morgan fingerprint density at radius 2 is 1.37 bits per heavy atom. The van der Waals surface area contributed by atoms with Gasteiger partial charge in [-0.3, -0.25) is 14.4 Å². The summed E-state index contributed by atoms with van der Waals surface area (Å²) < 4.78 is 5.67. The molecule has 2 amide bonds. The monoisotopic (exact) mass is 420 g/mol. The van der Waals surface area contributed by atoms with Gasteiger partial charge in [0.2, 0.25) is 11.8 Å². The van der Waals surface area contributed by atoms with Gasteiger partial charge >= 0.3 is 5.97 Å². The van der Waals surface area contributed by atoms with E-state index in [4.69, 9.17) is 4.74 Å². The first-order chi connectivity index (χ1) is 14.3. The molecule has 3 aliphatic carbocycles. The lowest BCUT2D eigenvalue weighted by Crippen LogP contribution is -2.50. The van der Waals surface area contributed by atoms with Crippen LogP contribution in [-0.2, 0) is 19.1 Å². The summed E-state index contributed by atoms with van der Waals surface area (Å²) in [4.78, 5) is 38.1. The average Bonchev–Trinajstić information content (AvgIpc) is 3.35. The van der Waals surface area contributed by atoms with Crippen molar-refractivity contribution in [2.24, 2.45) is 23.2 Å². The van der Waals surface area contributed by atoms with E-state index in [1.54, 1.807) is 0 Å². The van der Waals surface area contributed by atoms with Crippen LogP contribution in [0.1, 0.15) is 91.4 Å². The Morgan fingerprint density at radius 3 is 2.00 bits per heavy atom. The second kappa shape index (κ2) is 10.1. The Morgan fingerprint density at radius 1 is 0.767 bits per heavy atom. The van der Waals surface area contributed by atoms with E-state index in [0.29, 0.717) is 12.5 Å². The molecule has 4 atom stereocenters. The van der Waals surface area contributed by atoms with E-state index in [9.17, 15) is 14.4 Å². The third-order valence-corrected chi connectivity index (χ3v) is 7.18. The number of esters is 1. The molecule has 0 bridgehead atoms. The zero-order chi connectivity index (χ0) is 21.7. The number of carbonyl (C=O) groups is 3. The summed E-state index contributed by atoms with van der Waals surface area (Å²) in [6.07, 6.45) is 11.2. The number of hydrogen-bond acceptors (Lipinski definition) is 4. The number of rotatable bonds is 6. The predicted molar refractivity (Wildman–Crippen MR) is 116 cm³/mol. The summed E-state index contributed by atoms with van der Waals surface area (Å²) in [5, 5.41) is 6.21. The van der Waals surface area contributed by atoms with Crippen molar-refractivity contribution in [1.82, 2.24) is 10.6 Å². The third-order valence-electron chi connectivity index (χ3n) is 7.18. The molecule has 6 nitrogen and oxygen atoms in total. The van der Waals surface area contributed by atoms with Crippen molar-refractivity contribution in [3.05, 3.63) is 0 Å². The molecule has 6 heteroatoms. The summed E-state index contributed by atoms with van der Waals surface area (Å²) in [6.45, 7) is 6.18. The van der Waals surface area contributed by atoms with E-state index in [1.807, 2.05) is 20.8 Å². The second-order valence-corrected chi connectivity index (χ2v) is 10.7. The molecule has 0 saturated heterocycles. The summed E-state index contributed by atoms with van der Waals surface area (Å²) in [6, 6.07) is -0.259. The molecule has 0 aliphatic heterocycles. The molecule has 170 valence electrons. The lowest BCUT2D eigenvalue weighted by atomic mass is 9.90. The Bertz CT molecular complexity index is 621. The highest BCUT2D eigenvalue weighted by molar-refractivity contribution is 5.85. The third kappa shape index (κ3) is 5.98. The van der Waals surface area contributed by atoms with Gasteiger partial charge in [-0.05, 0) is 44.4 Å². The zero-order valence-corrected chi connectivity index (χ0v) is 19.0. The van der Waals surface area contributed by atoms with Crippen LogP contribution in [0.2, 0.25) is 0 Å². The van der Waals surface area contributed by atoms with Crippen LogP contribution in [0.4, 0.5) is 0 Å². The average molecular weight is 421 g/mol. The van der Waals surface area contributed by atoms with Crippen molar-refractivity contribution in [2.45, 2.75) is 103 Å². The predicted octanol–water partition coefficient (Wildman–Crippen LogP) is 3.73. The van der Waals surface area contributed by atoms with Crippen LogP contribution >= 0.6 is 0 Å². The lowest BCUT2D eigenvalue weighted by Gasteiger charge is -2.27. The molecule has 0 aromatic rings. The molecule has 0 aromatic heterocycles. The van der Waals surface area contributed by atoms with Gasteiger partial charge in [0.05, 0.1) is 18.4 Å². The van der Waals surface area contributed by atoms with Crippen LogP contribution in [0.5, 0.6) is 0 Å². The fraction of sp³-hybridized carbons (Fsp3) is 0.875. The minimum absolute atomic E-state index is 0.0165. The van der Waals surface area contributed by atoms with Gasteiger partial charge in [0, 0.05) is 17.5 Å². The molecular formula is C24H40N2O4. The van der Waals surface area contributed by atoms with E-state index < -0.39 is 5.41 Å². The Hall–Kier alpha value is -1.59. The largest absolute Gasteiger partial charge is 0.465 e. The van der Waals surface area contributed by atoms with Crippen LogP contribution in [-0.4, -0.2) is 36.5 Å². The van der Waals surface area contributed by atoms with Gasteiger partial charge < -0.3 is 15.4 Å². The molecule has 3 saturated carbocycles. The second-order valence-electron chi connectivity index (χ2n) is 10.7. The van der Waals surface area contributed by atoms with Crippen molar-refractivity contribution in [3.8, 4) is 0 Å². The van der Waals surface area contributed by atoms with Crippen LogP contribution in [0, 0.1) is 23.2 Å². The van der Waals surface area contributed by atoms with E-state index in [-0.39, 0.29) is 41.7 Å². The first-order valence-electron chi connectivity index (χ1n) is 12.0. The van der Waals surface area contributed by atoms with Crippen molar-refractivity contribution in [3.63, 3.8) is 0 Å². The Kier molecular flexibility index (Phi) is 7.81. The molecule has 0 aromatic carbocycles. The van der Waals surface area contributed by atoms with E-state index in [1.165, 1.54) is 19.3 Å². The van der Waals surface area contributed by atoms with Crippen LogP contribution in [0.25, 0.3) is 0 Å². The molecule has 3 fully saturated rings. The van der Waals surface area contributed by atoms with Crippen molar-refractivity contribution < 1.29 is 19.1 Å². The summed E-state index contributed by atoms with van der Waals surface area (Å²) in [7, 11) is 0. The highest BCUT2D eigenvalue weighted by Gasteiger charge is 2.40. The zero-order valence-electron chi connectivity index (χ0n) is 19.0. The van der Waals surface area contributed by atoms with E-state index in [2.05, 4.69) is 10.6 Å². The maximum Gasteiger partial charge on any atom is 0.311 e. The van der Waals surface area contributed by atoms with Gasteiger partial charge in [-0.1, -0.05) is 52.9 Å². The standard InChI is InChI=1S/C24H40N2O4/c1-24(2,3)23(29)26-19-13-7-11-17(19)21(27)25-20-14-8-12-18(20)22(28)30-15-16-9-5-4-6-10-16/h16-20H,4-15H2,1-3H3,(H,25,27)(H,26,29). The van der Waals surface area contributed by atoms with Crippen molar-refractivity contribution in [2.75, 3.05) is 6.61 Å². The van der Waals surface area contributed by atoms with Gasteiger partial charge in [0.15, 0.2) is 0 Å². The number of nitrogens with one attached hydrogen (secondary N) is 2. The summed E-state index contributed by atoms with van der Waals surface area (Å²) in [5.41, 5.74) is -0.470. The van der Waals surface area contributed by atoms with Gasteiger partial charge in [-0.25, -0.2) is 0 Å². The first kappa shape index (κ1) is 23.1. The molecule has 2 N–H and O–H groups in total. The highest BCUT2D eigenvalue weighted by atomic mass is 16.5. The topological polar surface area (TPSA) is 84.5 Å². The highest BCUT2D eigenvalue weighted by Crippen LogP contribution is 2.31. The number of hydrogen-bond donors (Lipinski definition) is 2. The van der Waals surface area contributed by atoms with Crippen LogP contribution in [0.15, 0.2) is 0 Å². The molecule has 4 unspecified atom stereocenters. The lowest BCUT2D eigenvalue weighted by molar-refractivity contribution is -0.151.